The Kier molecular flexibility index (Phi) is 6.34. The zero-order valence-corrected chi connectivity index (χ0v) is 17.0. The van der Waals surface area contributed by atoms with Crippen molar-refractivity contribution in [3.63, 3.8) is 0 Å². The van der Waals surface area contributed by atoms with Crippen molar-refractivity contribution in [3.8, 4) is 17.6 Å². The third kappa shape index (κ3) is 4.78. The predicted octanol–water partition coefficient (Wildman–Crippen LogP) is 2.30. The van der Waals surface area contributed by atoms with Gasteiger partial charge in [-0.25, -0.2) is 0 Å². The number of fused-ring (bicyclic) bond motifs is 1. The molecule has 0 aromatic heterocycles. The average Bonchev–Trinajstić information content (AvgIpc) is 3.47. The van der Waals surface area contributed by atoms with Gasteiger partial charge in [-0.05, 0) is 36.1 Å². The number of ether oxygens (including phenoxy) is 3. The van der Waals surface area contributed by atoms with E-state index in [-0.39, 0.29) is 25.2 Å². The van der Waals surface area contributed by atoms with Crippen LogP contribution < -0.4 is 14.8 Å². The summed E-state index contributed by atoms with van der Waals surface area (Å²) in [6.45, 7) is 0.862. The van der Waals surface area contributed by atoms with Crippen LogP contribution in [0.25, 0.3) is 0 Å². The summed E-state index contributed by atoms with van der Waals surface area (Å²) in [4.78, 5) is 27.0. The normalized spacial score (nSPS) is 17.8. The van der Waals surface area contributed by atoms with Crippen molar-refractivity contribution in [3.05, 3.63) is 59.7 Å². The third-order valence-corrected chi connectivity index (χ3v) is 5.36. The van der Waals surface area contributed by atoms with Gasteiger partial charge >= 0.3 is 0 Å². The molecular weight excluding hydrogens is 398 g/mol. The molecule has 2 aliphatic rings. The van der Waals surface area contributed by atoms with Crippen LogP contribution in [0.5, 0.6) is 11.5 Å². The van der Waals surface area contributed by atoms with Crippen molar-refractivity contribution < 1.29 is 23.8 Å². The van der Waals surface area contributed by atoms with E-state index >= 15 is 0 Å². The molecule has 2 heterocycles. The van der Waals surface area contributed by atoms with Crippen molar-refractivity contribution in [1.29, 1.82) is 5.26 Å². The second-order valence-electron chi connectivity index (χ2n) is 7.41. The Hall–Kier alpha value is -3.57. The molecule has 0 aliphatic carbocycles. The second-order valence-corrected chi connectivity index (χ2v) is 7.41. The number of amides is 2. The number of carbonyl (C=O) groups is 2. The first-order chi connectivity index (χ1) is 15.2. The minimum Gasteiger partial charge on any atom is -0.454 e. The number of nitrogens with zero attached hydrogens (tertiary/aromatic N) is 2. The highest BCUT2D eigenvalue weighted by atomic mass is 16.7. The van der Waals surface area contributed by atoms with Crippen LogP contribution in [0.15, 0.2) is 48.5 Å². The van der Waals surface area contributed by atoms with E-state index in [1.807, 2.05) is 30.3 Å². The van der Waals surface area contributed by atoms with E-state index in [1.54, 1.807) is 18.2 Å². The Morgan fingerprint density at radius 2 is 2.00 bits per heavy atom. The Bertz CT molecular complexity index is 988. The molecular formula is C23H23N3O5. The lowest BCUT2D eigenvalue weighted by Crippen LogP contribution is -2.47. The SMILES string of the molecule is N#CC(NC(=O)[C@@H]1CCCN1C(=O)COCc1ccccc1)c1ccc2c(c1)OCO2. The van der Waals surface area contributed by atoms with Gasteiger partial charge in [0.25, 0.3) is 0 Å². The van der Waals surface area contributed by atoms with Gasteiger partial charge in [0.1, 0.15) is 18.7 Å². The summed E-state index contributed by atoms with van der Waals surface area (Å²) in [5.41, 5.74) is 1.58. The van der Waals surface area contributed by atoms with Crippen LogP contribution in [0, 0.1) is 11.3 Å². The third-order valence-electron chi connectivity index (χ3n) is 5.36. The van der Waals surface area contributed by atoms with E-state index in [0.717, 1.165) is 12.0 Å². The number of benzene rings is 2. The first-order valence-electron chi connectivity index (χ1n) is 10.2. The molecule has 2 atom stereocenters. The van der Waals surface area contributed by atoms with Gasteiger partial charge in [0.2, 0.25) is 18.6 Å². The van der Waals surface area contributed by atoms with Crippen LogP contribution in [0.3, 0.4) is 0 Å². The number of hydrogen-bond acceptors (Lipinski definition) is 6. The van der Waals surface area contributed by atoms with Crippen LogP contribution in [0.2, 0.25) is 0 Å². The van der Waals surface area contributed by atoms with Crippen LogP contribution >= 0.6 is 0 Å². The molecule has 4 rings (SSSR count). The number of carbonyl (C=O) groups excluding carboxylic acids is 2. The maximum atomic E-state index is 12.9. The molecule has 1 unspecified atom stereocenters. The molecule has 2 aliphatic heterocycles. The molecule has 0 saturated carbocycles. The predicted molar refractivity (Wildman–Crippen MR) is 110 cm³/mol. The van der Waals surface area contributed by atoms with E-state index in [1.165, 1.54) is 4.90 Å². The quantitative estimate of drug-likeness (QED) is 0.736. The van der Waals surface area contributed by atoms with Gasteiger partial charge < -0.3 is 24.4 Å². The molecule has 0 bridgehead atoms. The molecule has 2 aromatic rings. The second kappa shape index (κ2) is 9.49. The minimum atomic E-state index is -0.853. The molecule has 0 spiro atoms. The topological polar surface area (TPSA) is 101 Å². The summed E-state index contributed by atoms with van der Waals surface area (Å²) in [7, 11) is 0. The van der Waals surface area contributed by atoms with Crippen molar-refractivity contribution in [2.75, 3.05) is 19.9 Å². The van der Waals surface area contributed by atoms with Gasteiger partial charge in [-0.3, -0.25) is 9.59 Å². The number of nitriles is 1. The number of hydrogen-bond donors (Lipinski definition) is 1. The summed E-state index contributed by atoms with van der Waals surface area (Å²) in [6.07, 6.45) is 1.28. The lowest BCUT2D eigenvalue weighted by molar-refractivity contribution is -0.142. The van der Waals surface area contributed by atoms with E-state index in [0.29, 0.717) is 36.6 Å². The molecule has 2 amide bonds. The van der Waals surface area contributed by atoms with Crippen LogP contribution in [0.1, 0.15) is 30.0 Å². The average molecular weight is 421 g/mol. The molecule has 8 nitrogen and oxygen atoms in total. The van der Waals surface area contributed by atoms with Crippen LogP contribution in [0.4, 0.5) is 0 Å². The Balaban J connectivity index is 1.34. The molecule has 31 heavy (non-hydrogen) atoms. The lowest BCUT2D eigenvalue weighted by atomic mass is 10.1. The number of likely N-dealkylation sites (tertiary alicyclic amines) is 1. The van der Waals surface area contributed by atoms with Gasteiger partial charge in [-0.15, -0.1) is 0 Å². The summed E-state index contributed by atoms with van der Waals surface area (Å²) in [5.74, 6) is 0.568. The van der Waals surface area contributed by atoms with E-state index in [9.17, 15) is 14.9 Å². The fraction of sp³-hybridized carbons (Fsp3) is 0.348. The molecule has 0 radical (unpaired) electrons. The first kappa shape index (κ1) is 20.7. The van der Waals surface area contributed by atoms with Gasteiger partial charge in [0, 0.05) is 6.54 Å². The van der Waals surface area contributed by atoms with Crippen molar-refractivity contribution >= 4 is 11.8 Å². The smallest absolute Gasteiger partial charge is 0.249 e. The minimum absolute atomic E-state index is 0.0947. The largest absolute Gasteiger partial charge is 0.454 e. The highest BCUT2D eigenvalue weighted by molar-refractivity contribution is 5.89. The first-order valence-corrected chi connectivity index (χ1v) is 10.2. The monoisotopic (exact) mass is 421 g/mol. The van der Waals surface area contributed by atoms with Gasteiger partial charge in [0.05, 0.1) is 12.7 Å². The van der Waals surface area contributed by atoms with Crippen molar-refractivity contribution in [2.24, 2.45) is 0 Å². The van der Waals surface area contributed by atoms with Crippen LogP contribution in [-0.2, 0) is 20.9 Å². The molecule has 1 saturated heterocycles. The highest BCUT2D eigenvalue weighted by Gasteiger charge is 2.35. The Morgan fingerprint density at radius 3 is 2.81 bits per heavy atom. The van der Waals surface area contributed by atoms with E-state index in [4.69, 9.17) is 14.2 Å². The van der Waals surface area contributed by atoms with Crippen molar-refractivity contribution in [2.45, 2.75) is 31.5 Å². The maximum absolute atomic E-state index is 12.9. The lowest BCUT2D eigenvalue weighted by Gasteiger charge is -2.25. The van der Waals surface area contributed by atoms with Gasteiger partial charge in [-0.1, -0.05) is 36.4 Å². The van der Waals surface area contributed by atoms with Crippen LogP contribution in [-0.4, -0.2) is 42.7 Å². The summed E-state index contributed by atoms with van der Waals surface area (Å²) >= 11 is 0. The molecule has 1 fully saturated rings. The maximum Gasteiger partial charge on any atom is 0.249 e. The summed E-state index contributed by atoms with van der Waals surface area (Å²) in [6, 6.07) is 15.3. The van der Waals surface area contributed by atoms with Gasteiger partial charge in [0.15, 0.2) is 11.5 Å². The number of rotatable bonds is 7. The molecule has 2 aromatic carbocycles. The zero-order chi connectivity index (χ0) is 21.6. The summed E-state index contributed by atoms with van der Waals surface area (Å²) < 4.78 is 16.2. The summed E-state index contributed by atoms with van der Waals surface area (Å²) in [5, 5.41) is 12.3. The Morgan fingerprint density at radius 1 is 1.19 bits per heavy atom. The molecule has 8 heteroatoms. The molecule has 1 N–H and O–H groups in total. The number of nitrogens with one attached hydrogen (secondary N) is 1. The highest BCUT2D eigenvalue weighted by Crippen LogP contribution is 2.34. The molecule has 160 valence electrons. The fourth-order valence-corrected chi connectivity index (χ4v) is 3.77. The van der Waals surface area contributed by atoms with Crippen molar-refractivity contribution in [1.82, 2.24) is 10.2 Å². The standard InChI is InChI=1S/C23H23N3O5/c24-12-18(17-8-9-20-21(11-17)31-15-30-20)25-23(28)19-7-4-10-26(19)22(27)14-29-13-16-5-2-1-3-6-16/h1-3,5-6,8-9,11,18-19H,4,7,10,13-15H2,(H,25,28)/t18?,19-/m0/s1. The van der Waals surface area contributed by atoms with Gasteiger partial charge in [-0.2, -0.15) is 5.26 Å². The Labute approximate surface area is 180 Å². The zero-order valence-electron chi connectivity index (χ0n) is 17.0. The van der Waals surface area contributed by atoms with E-state index < -0.39 is 12.1 Å². The fourth-order valence-electron chi connectivity index (χ4n) is 3.77. The van der Waals surface area contributed by atoms with E-state index in [2.05, 4.69) is 11.4 Å².